The van der Waals surface area contributed by atoms with Gasteiger partial charge in [-0.1, -0.05) is 36.4 Å². The summed E-state index contributed by atoms with van der Waals surface area (Å²) in [5.74, 6) is -0.354. The molecule has 130 valence electrons. The van der Waals surface area contributed by atoms with E-state index in [1.54, 1.807) is 24.3 Å². The molecule has 0 N–H and O–H groups in total. The third-order valence-corrected chi connectivity index (χ3v) is 4.30. The smallest absolute Gasteiger partial charge is 0.348 e. The van der Waals surface area contributed by atoms with Gasteiger partial charge in [0.15, 0.2) is 0 Å². The summed E-state index contributed by atoms with van der Waals surface area (Å²) in [7, 11) is 1.29. The number of amides is 1. The number of para-hydroxylation sites is 3. The number of hydrogen-bond donors (Lipinski definition) is 0. The zero-order valence-electron chi connectivity index (χ0n) is 14.1. The Hall–Kier alpha value is -3.41. The van der Waals surface area contributed by atoms with Crippen molar-refractivity contribution < 1.29 is 19.1 Å². The van der Waals surface area contributed by atoms with Crippen LogP contribution in [0, 0.1) is 0 Å². The maximum Gasteiger partial charge on any atom is 0.348 e. The number of nitrogens with zero attached hydrogens (tertiary/aromatic N) is 2. The Kier molecular flexibility index (Phi) is 4.01. The second-order valence-corrected chi connectivity index (χ2v) is 5.90. The van der Waals surface area contributed by atoms with Crippen LogP contribution in [0.2, 0.25) is 0 Å². The van der Waals surface area contributed by atoms with Gasteiger partial charge in [-0.2, -0.15) is 0 Å². The molecule has 1 aliphatic rings. The SMILES string of the molecule is COC(=O)[C@H]1CN(C(=O)c2ccc3ccccc3n2)c2ccccc2O1. The van der Waals surface area contributed by atoms with Gasteiger partial charge in [0.05, 0.1) is 24.9 Å². The van der Waals surface area contributed by atoms with Crippen molar-refractivity contribution in [2.24, 2.45) is 0 Å². The van der Waals surface area contributed by atoms with Crippen LogP contribution in [-0.2, 0) is 9.53 Å². The van der Waals surface area contributed by atoms with E-state index in [9.17, 15) is 9.59 Å². The molecule has 0 saturated carbocycles. The summed E-state index contributed by atoms with van der Waals surface area (Å²) in [5, 5.41) is 0.957. The number of methoxy groups -OCH3 is 1. The lowest BCUT2D eigenvalue weighted by atomic mass is 10.1. The summed E-state index contributed by atoms with van der Waals surface area (Å²) in [5.41, 5.74) is 1.65. The van der Waals surface area contributed by atoms with E-state index in [0.717, 1.165) is 10.9 Å². The van der Waals surface area contributed by atoms with Crippen LogP contribution in [0.5, 0.6) is 5.75 Å². The van der Waals surface area contributed by atoms with Gasteiger partial charge in [0.1, 0.15) is 11.4 Å². The van der Waals surface area contributed by atoms with Crippen molar-refractivity contribution in [3.05, 3.63) is 66.4 Å². The summed E-state index contributed by atoms with van der Waals surface area (Å²) in [4.78, 5) is 31.1. The Balaban J connectivity index is 1.74. The third kappa shape index (κ3) is 2.75. The minimum Gasteiger partial charge on any atom is -0.475 e. The molecule has 3 aromatic rings. The zero-order chi connectivity index (χ0) is 18.1. The molecule has 26 heavy (non-hydrogen) atoms. The van der Waals surface area contributed by atoms with Gasteiger partial charge in [0.2, 0.25) is 6.10 Å². The molecule has 1 aromatic heterocycles. The van der Waals surface area contributed by atoms with Crippen molar-refractivity contribution in [1.82, 2.24) is 4.98 Å². The van der Waals surface area contributed by atoms with Crippen molar-refractivity contribution in [2.45, 2.75) is 6.10 Å². The Morgan fingerprint density at radius 1 is 1.08 bits per heavy atom. The number of anilines is 1. The molecule has 0 radical (unpaired) electrons. The van der Waals surface area contributed by atoms with Gasteiger partial charge in [0.25, 0.3) is 5.91 Å². The Labute approximate surface area is 150 Å². The number of carbonyl (C=O) groups excluding carboxylic acids is 2. The first-order valence-corrected chi connectivity index (χ1v) is 8.18. The van der Waals surface area contributed by atoms with Crippen LogP contribution in [0.4, 0.5) is 5.69 Å². The van der Waals surface area contributed by atoms with Crippen LogP contribution in [0.15, 0.2) is 60.7 Å². The minimum absolute atomic E-state index is 0.0665. The van der Waals surface area contributed by atoms with Crippen molar-refractivity contribution in [2.75, 3.05) is 18.6 Å². The maximum atomic E-state index is 13.1. The van der Waals surface area contributed by atoms with E-state index in [1.807, 2.05) is 36.4 Å². The summed E-state index contributed by atoms with van der Waals surface area (Å²) in [6.45, 7) is 0.0665. The van der Waals surface area contributed by atoms with Gasteiger partial charge in [-0.25, -0.2) is 9.78 Å². The van der Waals surface area contributed by atoms with Crippen LogP contribution in [0.25, 0.3) is 10.9 Å². The molecule has 0 unspecified atom stereocenters. The molecule has 0 bridgehead atoms. The second-order valence-electron chi connectivity index (χ2n) is 5.90. The van der Waals surface area contributed by atoms with Crippen molar-refractivity contribution in [3.63, 3.8) is 0 Å². The number of pyridine rings is 1. The highest BCUT2D eigenvalue weighted by Gasteiger charge is 2.35. The molecule has 0 spiro atoms. The Bertz CT molecular complexity index is 1000. The molecule has 2 aromatic carbocycles. The number of fused-ring (bicyclic) bond motifs is 2. The molecule has 1 amide bonds. The van der Waals surface area contributed by atoms with E-state index in [-0.39, 0.29) is 12.5 Å². The molecule has 0 aliphatic carbocycles. The fraction of sp³-hybridized carbons (Fsp3) is 0.150. The second kappa shape index (κ2) is 6.48. The molecule has 2 heterocycles. The highest BCUT2D eigenvalue weighted by molar-refractivity contribution is 6.07. The quantitative estimate of drug-likeness (QED) is 0.666. The lowest BCUT2D eigenvalue weighted by Gasteiger charge is -2.33. The van der Waals surface area contributed by atoms with Gasteiger partial charge in [0, 0.05) is 5.39 Å². The van der Waals surface area contributed by atoms with E-state index in [0.29, 0.717) is 17.1 Å². The zero-order valence-corrected chi connectivity index (χ0v) is 14.1. The predicted molar refractivity (Wildman–Crippen MR) is 96.3 cm³/mol. The molecule has 6 heteroatoms. The number of hydrogen-bond acceptors (Lipinski definition) is 5. The fourth-order valence-electron chi connectivity index (χ4n) is 3.00. The first-order chi connectivity index (χ1) is 12.7. The first kappa shape index (κ1) is 16.1. The summed E-state index contributed by atoms with van der Waals surface area (Å²) >= 11 is 0. The fourth-order valence-corrected chi connectivity index (χ4v) is 3.00. The van der Waals surface area contributed by atoms with Crippen LogP contribution in [-0.4, -0.2) is 36.6 Å². The van der Waals surface area contributed by atoms with E-state index < -0.39 is 12.1 Å². The molecule has 0 saturated heterocycles. The van der Waals surface area contributed by atoms with E-state index in [2.05, 4.69) is 4.98 Å². The van der Waals surface area contributed by atoms with Crippen molar-refractivity contribution in [1.29, 1.82) is 0 Å². The van der Waals surface area contributed by atoms with Crippen LogP contribution < -0.4 is 9.64 Å². The van der Waals surface area contributed by atoms with E-state index in [4.69, 9.17) is 9.47 Å². The number of carbonyl (C=O) groups is 2. The van der Waals surface area contributed by atoms with Crippen molar-refractivity contribution in [3.8, 4) is 5.75 Å². The monoisotopic (exact) mass is 348 g/mol. The molecule has 4 rings (SSSR count). The first-order valence-electron chi connectivity index (χ1n) is 8.18. The average Bonchev–Trinajstić information content (AvgIpc) is 2.71. The number of benzene rings is 2. The van der Waals surface area contributed by atoms with Gasteiger partial charge in [-0.05, 0) is 24.3 Å². The average molecular weight is 348 g/mol. The van der Waals surface area contributed by atoms with Gasteiger partial charge in [-0.3, -0.25) is 9.69 Å². The van der Waals surface area contributed by atoms with Gasteiger partial charge in [-0.15, -0.1) is 0 Å². The molecule has 1 atom stereocenters. The van der Waals surface area contributed by atoms with E-state index >= 15 is 0 Å². The molecular weight excluding hydrogens is 332 g/mol. The normalized spacial score (nSPS) is 15.9. The van der Waals surface area contributed by atoms with Gasteiger partial charge < -0.3 is 9.47 Å². The predicted octanol–water partition coefficient (Wildman–Crippen LogP) is 2.82. The lowest BCUT2D eigenvalue weighted by molar-refractivity contribution is -0.148. The molecular formula is C20H16N2O4. The topological polar surface area (TPSA) is 68.7 Å². The summed E-state index contributed by atoms with van der Waals surface area (Å²) < 4.78 is 10.5. The third-order valence-electron chi connectivity index (χ3n) is 4.30. The largest absolute Gasteiger partial charge is 0.475 e. The number of esters is 1. The van der Waals surface area contributed by atoms with Crippen LogP contribution in [0.1, 0.15) is 10.5 Å². The molecule has 0 fully saturated rings. The number of aromatic nitrogens is 1. The summed E-state index contributed by atoms with van der Waals surface area (Å²) in [6, 6.07) is 18.2. The van der Waals surface area contributed by atoms with Crippen LogP contribution >= 0.6 is 0 Å². The molecule has 1 aliphatic heterocycles. The lowest BCUT2D eigenvalue weighted by Crippen LogP contribution is -2.47. The Morgan fingerprint density at radius 2 is 1.85 bits per heavy atom. The van der Waals surface area contributed by atoms with Gasteiger partial charge >= 0.3 is 5.97 Å². The highest BCUT2D eigenvalue weighted by Crippen LogP contribution is 2.34. The standard InChI is InChI=1S/C20H16N2O4/c1-25-20(24)18-12-22(16-8-4-5-9-17(16)26-18)19(23)15-11-10-13-6-2-3-7-14(13)21-15/h2-11,18H,12H2,1H3/t18-/m1/s1. The van der Waals surface area contributed by atoms with Crippen molar-refractivity contribution >= 4 is 28.5 Å². The number of ether oxygens (including phenoxy) is 2. The number of rotatable bonds is 2. The van der Waals surface area contributed by atoms with E-state index in [1.165, 1.54) is 12.0 Å². The van der Waals surface area contributed by atoms with Crippen LogP contribution in [0.3, 0.4) is 0 Å². The summed E-state index contributed by atoms with van der Waals surface area (Å²) in [6.07, 6.45) is -0.876. The molecule has 6 nitrogen and oxygen atoms in total. The maximum absolute atomic E-state index is 13.1. The minimum atomic E-state index is -0.876. The highest BCUT2D eigenvalue weighted by atomic mass is 16.6. The Morgan fingerprint density at radius 3 is 2.69 bits per heavy atom.